The first-order chi connectivity index (χ1) is 6.16. The van der Waals surface area contributed by atoms with Crippen molar-refractivity contribution in [3.63, 3.8) is 0 Å². The van der Waals surface area contributed by atoms with Crippen molar-refractivity contribution in [1.29, 1.82) is 0 Å². The highest BCUT2D eigenvalue weighted by Gasteiger charge is 2.04. The predicted molar refractivity (Wildman–Crippen MR) is 51.3 cm³/mol. The van der Waals surface area contributed by atoms with Crippen LogP contribution in [-0.2, 0) is 4.79 Å². The van der Waals surface area contributed by atoms with Crippen LogP contribution < -0.4 is 4.74 Å². The minimum atomic E-state index is 0.323. The van der Waals surface area contributed by atoms with Crippen molar-refractivity contribution >= 4 is 6.79 Å². The van der Waals surface area contributed by atoms with Crippen molar-refractivity contribution in [3.05, 3.63) is 23.3 Å². The first kappa shape index (κ1) is 11.5. The van der Waals surface area contributed by atoms with E-state index in [0.717, 1.165) is 16.9 Å². The Balaban J connectivity index is 0.000000671. The van der Waals surface area contributed by atoms with Gasteiger partial charge in [0.15, 0.2) is 0 Å². The van der Waals surface area contributed by atoms with Gasteiger partial charge >= 0.3 is 0 Å². The van der Waals surface area contributed by atoms with E-state index in [1.807, 2.05) is 32.8 Å². The quantitative estimate of drug-likeness (QED) is 0.720. The summed E-state index contributed by atoms with van der Waals surface area (Å²) in [5.41, 5.74) is 1.68. The monoisotopic (exact) mass is 182 g/mol. The summed E-state index contributed by atoms with van der Waals surface area (Å²) in [5, 5.41) is 9.44. The number of rotatable bonds is 1. The number of phenolic OH excluding ortho intramolecular Hbond substituents is 1. The van der Waals surface area contributed by atoms with E-state index >= 15 is 0 Å². The molecule has 0 saturated carbocycles. The van der Waals surface area contributed by atoms with Crippen LogP contribution in [0.15, 0.2) is 12.1 Å². The Morgan fingerprint density at radius 1 is 1.31 bits per heavy atom. The lowest BCUT2D eigenvalue weighted by atomic mass is 10.1. The molecule has 0 bridgehead atoms. The Kier molecular flexibility index (Phi) is 4.59. The number of methoxy groups -OCH3 is 1. The lowest BCUT2D eigenvalue weighted by molar-refractivity contribution is -0.0979. The molecule has 0 saturated heterocycles. The van der Waals surface area contributed by atoms with Gasteiger partial charge in [-0.2, -0.15) is 0 Å². The van der Waals surface area contributed by atoms with Crippen LogP contribution in [0.1, 0.15) is 11.1 Å². The zero-order valence-corrected chi connectivity index (χ0v) is 8.13. The molecule has 1 aromatic carbocycles. The highest BCUT2D eigenvalue weighted by atomic mass is 16.5. The third-order valence-electron chi connectivity index (χ3n) is 1.80. The molecule has 0 aromatic heterocycles. The van der Waals surface area contributed by atoms with E-state index in [0.29, 0.717) is 5.75 Å². The molecule has 0 atom stereocenters. The Bertz CT molecular complexity index is 282. The maximum atomic E-state index is 9.44. The molecule has 3 nitrogen and oxygen atoms in total. The number of ether oxygens (including phenoxy) is 1. The van der Waals surface area contributed by atoms with E-state index in [-0.39, 0.29) is 0 Å². The first-order valence-corrected chi connectivity index (χ1v) is 3.79. The van der Waals surface area contributed by atoms with E-state index < -0.39 is 0 Å². The lowest BCUT2D eigenvalue weighted by Crippen LogP contribution is -1.88. The number of benzene rings is 1. The Morgan fingerprint density at radius 2 is 1.85 bits per heavy atom. The molecular formula is C10H14O3. The molecule has 72 valence electrons. The molecule has 0 amide bonds. The van der Waals surface area contributed by atoms with E-state index in [2.05, 4.69) is 0 Å². The van der Waals surface area contributed by atoms with Gasteiger partial charge in [-0.1, -0.05) is 6.07 Å². The molecule has 0 aliphatic heterocycles. The summed E-state index contributed by atoms with van der Waals surface area (Å²) in [4.78, 5) is 8.00. The standard InChI is InChI=1S/C9H12O2.CH2O/c1-6-4-5-8(11-3)7(2)9(6)10;1-2/h4-5,10H,1-3H3;1H2. The van der Waals surface area contributed by atoms with Crippen molar-refractivity contribution in [2.75, 3.05) is 7.11 Å². The molecule has 0 heterocycles. The van der Waals surface area contributed by atoms with Crippen LogP contribution in [0, 0.1) is 13.8 Å². The number of hydrogen-bond acceptors (Lipinski definition) is 3. The van der Waals surface area contributed by atoms with Crippen molar-refractivity contribution in [2.45, 2.75) is 13.8 Å². The smallest absolute Gasteiger partial charge is 0.125 e. The molecule has 0 aliphatic carbocycles. The van der Waals surface area contributed by atoms with E-state index in [1.54, 1.807) is 7.11 Å². The topological polar surface area (TPSA) is 46.5 Å². The Hall–Kier alpha value is -1.51. The van der Waals surface area contributed by atoms with Gasteiger partial charge in [-0.05, 0) is 25.5 Å². The summed E-state index contributed by atoms with van der Waals surface area (Å²) >= 11 is 0. The molecule has 1 N–H and O–H groups in total. The summed E-state index contributed by atoms with van der Waals surface area (Å²) < 4.78 is 5.02. The maximum absolute atomic E-state index is 9.44. The third-order valence-corrected chi connectivity index (χ3v) is 1.80. The number of phenols is 1. The fourth-order valence-corrected chi connectivity index (χ4v) is 1.04. The second-order valence-corrected chi connectivity index (χ2v) is 2.56. The van der Waals surface area contributed by atoms with Crippen LogP contribution >= 0.6 is 0 Å². The van der Waals surface area contributed by atoms with Gasteiger partial charge in [-0.3, -0.25) is 0 Å². The first-order valence-electron chi connectivity index (χ1n) is 3.79. The van der Waals surface area contributed by atoms with Gasteiger partial charge in [0.25, 0.3) is 0 Å². The molecule has 0 spiro atoms. The largest absolute Gasteiger partial charge is 0.507 e. The summed E-state index contributed by atoms with van der Waals surface area (Å²) in [7, 11) is 1.59. The summed E-state index contributed by atoms with van der Waals surface area (Å²) in [5.74, 6) is 1.05. The molecule has 1 rings (SSSR count). The van der Waals surface area contributed by atoms with Gasteiger partial charge in [0, 0.05) is 5.56 Å². The Morgan fingerprint density at radius 3 is 2.31 bits per heavy atom. The van der Waals surface area contributed by atoms with Gasteiger partial charge < -0.3 is 14.6 Å². The van der Waals surface area contributed by atoms with Crippen molar-refractivity contribution in [3.8, 4) is 11.5 Å². The minimum absolute atomic E-state index is 0.323. The van der Waals surface area contributed by atoms with Crippen molar-refractivity contribution < 1.29 is 14.6 Å². The second kappa shape index (κ2) is 5.19. The number of aryl methyl sites for hydroxylation is 1. The summed E-state index contributed by atoms with van der Waals surface area (Å²) in [6.07, 6.45) is 0. The van der Waals surface area contributed by atoms with E-state index in [9.17, 15) is 5.11 Å². The van der Waals surface area contributed by atoms with Crippen molar-refractivity contribution in [2.24, 2.45) is 0 Å². The zero-order valence-electron chi connectivity index (χ0n) is 8.13. The molecule has 3 heteroatoms. The fourth-order valence-electron chi connectivity index (χ4n) is 1.04. The van der Waals surface area contributed by atoms with E-state index in [1.165, 1.54) is 0 Å². The molecular weight excluding hydrogens is 168 g/mol. The third kappa shape index (κ3) is 2.47. The lowest BCUT2D eigenvalue weighted by Gasteiger charge is -2.07. The van der Waals surface area contributed by atoms with Gasteiger partial charge in [0.05, 0.1) is 7.11 Å². The van der Waals surface area contributed by atoms with Crippen molar-refractivity contribution in [1.82, 2.24) is 0 Å². The average Bonchev–Trinajstić information content (AvgIpc) is 2.18. The van der Waals surface area contributed by atoms with Crippen LogP contribution in [0.2, 0.25) is 0 Å². The summed E-state index contributed by atoms with van der Waals surface area (Å²) in [6.45, 7) is 5.70. The minimum Gasteiger partial charge on any atom is -0.507 e. The van der Waals surface area contributed by atoms with Crippen LogP contribution in [0.25, 0.3) is 0 Å². The van der Waals surface area contributed by atoms with Crippen LogP contribution in [-0.4, -0.2) is 19.0 Å². The average molecular weight is 182 g/mol. The van der Waals surface area contributed by atoms with Crippen LogP contribution in [0.4, 0.5) is 0 Å². The molecule has 0 radical (unpaired) electrons. The number of carbonyl (C=O) groups excluding carboxylic acids is 1. The predicted octanol–water partition coefficient (Wildman–Crippen LogP) is 1.83. The number of carbonyl (C=O) groups is 1. The molecule has 0 fully saturated rings. The van der Waals surface area contributed by atoms with Gasteiger partial charge in [0.2, 0.25) is 0 Å². The normalized spacial score (nSPS) is 8.54. The molecule has 0 aliphatic rings. The van der Waals surface area contributed by atoms with Gasteiger partial charge in [0.1, 0.15) is 18.3 Å². The highest BCUT2D eigenvalue weighted by Crippen LogP contribution is 2.29. The maximum Gasteiger partial charge on any atom is 0.125 e. The fraction of sp³-hybridized carbons (Fsp3) is 0.300. The zero-order chi connectivity index (χ0) is 10.4. The summed E-state index contributed by atoms with van der Waals surface area (Å²) in [6, 6.07) is 3.69. The molecule has 1 aromatic rings. The number of hydrogen-bond donors (Lipinski definition) is 1. The van der Waals surface area contributed by atoms with Crippen LogP contribution in [0.5, 0.6) is 11.5 Å². The molecule has 13 heavy (non-hydrogen) atoms. The SMILES string of the molecule is C=O.COc1ccc(C)c(O)c1C. The number of aromatic hydroxyl groups is 1. The highest BCUT2D eigenvalue weighted by molar-refractivity contribution is 5.47. The van der Waals surface area contributed by atoms with Gasteiger partial charge in [-0.25, -0.2) is 0 Å². The van der Waals surface area contributed by atoms with E-state index in [4.69, 9.17) is 9.53 Å². The second-order valence-electron chi connectivity index (χ2n) is 2.56. The Labute approximate surface area is 78.0 Å². The molecule has 0 unspecified atom stereocenters. The van der Waals surface area contributed by atoms with Crippen LogP contribution in [0.3, 0.4) is 0 Å². The van der Waals surface area contributed by atoms with Gasteiger partial charge in [-0.15, -0.1) is 0 Å².